The summed E-state index contributed by atoms with van der Waals surface area (Å²) in [6.07, 6.45) is 1.11. The van der Waals surface area contributed by atoms with Gasteiger partial charge in [0.15, 0.2) is 9.84 Å². The van der Waals surface area contributed by atoms with E-state index in [1.165, 1.54) is 0 Å². The minimum absolute atomic E-state index is 0.0471. The maximum atomic E-state index is 12.0. The molecule has 0 saturated heterocycles. The van der Waals surface area contributed by atoms with Gasteiger partial charge in [-0.15, -0.1) is 0 Å². The fraction of sp³-hybridized carbons (Fsp3) is 0.267. The number of nitrogens with two attached hydrogens (primary N) is 1. The molecular formula is C15H16N2O2S. The zero-order valence-corrected chi connectivity index (χ0v) is 12.5. The van der Waals surface area contributed by atoms with Crippen LogP contribution in [0.4, 0.5) is 5.69 Å². The molecule has 0 spiro atoms. The van der Waals surface area contributed by atoms with E-state index in [9.17, 15) is 13.7 Å². The first-order chi connectivity index (χ1) is 9.27. The van der Waals surface area contributed by atoms with E-state index in [4.69, 9.17) is 5.73 Å². The average Bonchev–Trinajstić information content (AvgIpc) is 2.47. The van der Waals surface area contributed by atoms with Gasteiger partial charge in [-0.1, -0.05) is 32.0 Å². The van der Waals surface area contributed by atoms with E-state index in [-0.39, 0.29) is 22.1 Å². The van der Waals surface area contributed by atoms with Gasteiger partial charge in [0.25, 0.3) is 0 Å². The van der Waals surface area contributed by atoms with Crippen LogP contribution in [0.15, 0.2) is 29.2 Å². The molecule has 0 aliphatic heterocycles. The van der Waals surface area contributed by atoms with Crippen LogP contribution in [0.2, 0.25) is 0 Å². The van der Waals surface area contributed by atoms with E-state index < -0.39 is 9.84 Å². The molecule has 0 bridgehead atoms. The number of hydrogen-bond donors (Lipinski definition) is 1. The summed E-state index contributed by atoms with van der Waals surface area (Å²) in [6, 6.07) is 9.31. The van der Waals surface area contributed by atoms with Crippen molar-refractivity contribution in [2.45, 2.75) is 24.7 Å². The van der Waals surface area contributed by atoms with Crippen molar-refractivity contribution in [3.8, 4) is 17.2 Å². The van der Waals surface area contributed by atoms with Crippen molar-refractivity contribution in [3.05, 3.63) is 35.4 Å². The van der Waals surface area contributed by atoms with E-state index in [1.807, 2.05) is 38.1 Å². The second-order valence-corrected chi connectivity index (χ2v) is 7.11. The molecule has 2 aliphatic rings. The van der Waals surface area contributed by atoms with Gasteiger partial charge in [-0.25, -0.2) is 8.42 Å². The van der Waals surface area contributed by atoms with Crippen molar-refractivity contribution < 1.29 is 8.42 Å². The van der Waals surface area contributed by atoms with E-state index in [1.54, 1.807) is 6.07 Å². The Balaban J connectivity index is 2.97. The number of nitrogens with zero attached hydrogens (tertiary/aromatic N) is 1. The van der Waals surface area contributed by atoms with Gasteiger partial charge in [-0.3, -0.25) is 0 Å². The highest BCUT2D eigenvalue weighted by atomic mass is 32.2. The van der Waals surface area contributed by atoms with Gasteiger partial charge in [-0.05, 0) is 17.5 Å². The van der Waals surface area contributed by atoms with Gasteiger partial charge >= 0.3 is 0 Å². The number of nitrogen functional groups attached to an aromatic ring is 1. The van der Waals surface area contributed by atoms with Crippen LogP contribution in [-0.2, 0) is 9.84 Å². The summed E-state index contributed by atoms with van der Waals surface area (Å²) in [4.78, 5) is 0.0575. The van der Waals surface area contributed by atoms with Crippen molar-refractivity contribution in [2.24, 2.45) is 0 Å². The minimum atomic E-state index is -3.50. The van der Waals surface area contributed by atoms with E-state index >= 15 is 0 Å². The van der Waals surface area contributed by atoms with Crippen LogP contribution in [0.5, 0.6) is 0 Å². The molecule has 0 saturated carbocycles. The van der Waals surface area contributed by atoms with Crippen LogP contribution in [-0.4, -0.2) is 14.7 Å². The maximum Gasteiger partial charge on any atom is 0.178 e. The molecule has 0 aromatic carbocycles. The second-order valence-electron chi connectivity index (χ2n) is 5.15. The zero-order chi connectivity index (χ0) is 15.1. The first-order valence-electron chi connectivity index (χ1n) is 6.22. The first kappa shape index (κ1) is 14.4. The fourth-order valence-electron chi connectivity index (χ4n) is 2.33. The summed E-state index contributed by atoms with van der Waals surface area (Å²) in [5.74, 6) is 0.250. The number of rotatable bonds is 2. The Labute approximate surface area is 119 Å². The Bertz CT molecular complexity index is 786. The number of anilines is 1. The topological polar surface area (TPSA) is 83.9 Å². The fourth-order valence-corrected chi connectivity index (χ4v) is 3.40. The maximum absolute atomic E-state index is 12.0. The third-order valence-corrected chi connectivity index (χ3v) is 4.51. The molecule has 0 aromatic heterocycles. The minimum Gasteiger partial charge on any atom is -0.397 e. The number of hydrogen-bond acceptors (Lipinski definition) is 4. The lowest BCUT2D eigenvalue weighted by Gasteiger charge is -2.04. The Morgan fingerprint density at radius 3 is 2.40 bits per heavy atom. The highest BCUT2D eigenvalue weighted by molar-refractivity contribution is 7.91. The summed E-state index contributed by atoms with van der Waals surface area (Å²) in [5, 5.41) is 9.23. The van der Waals surface area contributed by atoms with Gasteiger partial charge in [-0.2, -0.15) is 5.26 Å². The first-order valence-corrected chi connectivity index (χ1v) is 8.11. The van der Waals surface area contributed by atoms with Crippen LogP contribution in [0.3, 0.4) is 0 Å². The van der Waals surface area contributed by atoms with Crippen LogP contribution >= 0.6 is 0 Å². The Morgan fingerprint density at radius 2 is 1.90 bits per heavy atom. The lowest BCUT2D eigenvalue weighted by molar-refractivity contribution is 0.602. The molecule has 0 atom stereocenters. The van der Waals surface area contributed by atoms with Crippen molar-refractivity contribution in [3.63, 3.8) is 0 Å². The summed E-state index contributed by atoms with van der Waals surface area (Å²) < 4.78 is 24.0. The summed E-state index contributed by atoms with van der Waals surface area (Å²) in [7, 11) is -3.50. The summed E-state index contributed by atoms with van der Waals surface area (Å²) in [6.45, 7) is 4.05. The molecule has 2 aliphatic carbocycles. The van der Waals surface area contributed by atoms with Crippen LogP contribution in [0, 0.1) is 11.3 Å². The largest absolute Gasteiger partial charge is 0.397 e. The standard InChI is InChI=1S/C15H16N2O2S/c1-9(2)10-5-4-6-11-12(7-10)15(20(3,18)19)14(17)13(11)8-16/h4-7,9H,17H2,1-3H3. The lowest BCUT2D eigenvalue weighted by Crippen LogP contribution is -2.01. The molecule has 20 heavy (non-hydrogen) atoms. The quantitative estimate of drug-likeness (QED) is 0.921. The Hall–Kier alpha value is -2.06. The van der Waals surface area contributed by atoms with Gasteiger partial charge in [0.1, 0.15) is 6.07 Å². The van der Waals surface area contributed by atoms with Gasteiger partial charge in [0.05, 0.1) is 16.1 Å². The predicted octanol–water partition coefficient (Wildman–Crippen LogP) is 2.77. The smallest absolute Gasteiger partial charge is 0.178 e. The number of nitriles is 1. The number of sulfone groups is 1. The van der Waals surface area contributed by atoms with Gasteiger partial charge < -0.3 is 5.73 Å². The Morgan fingerprint density at radius 1 is 1.25 bits per heavy atom. The monoisotopic (exact) mass is 288 g/mol. The van der Waals surface area contributed by atoms with E-state index in [0.29, 0.717) is 11.1 Å². The van der Waals surface area contributed by atoms with Crippen molar-refractivity contribution >= 4 is 15.5 Å². The summed E-state index contributed by atoms with van der Waals surface area (Å²) >= 11 is 0. The number of fused-ring (bicyclic) bond motifs is 1. The highest BCUT2D eigenvalue weighted by Gasteiger charge is 2.27. The molecule has 0 heterocycles. The second kappa shape index (κ2) is 4.80. The molecule has 0 aromatic rings. The molecule has 5 heteroatoms. The molecule has 2 rings (SSSR count). The molecule has 4 nitrogen and oxygen atoms in total. The van der Waals surface area contributed by atoms with Crippen molar-refractivity contribution in [1.82, 2.24) is 0 Å². The van der Waals surface area contributed by atoms with Crippen LogP contribution in [0.1, 0.15) is 30.9 Å². The molecule has 0 unspecified atom stereocenters. The third-order valence-electron chi connectivity index (χ3n) is 3.33. The molecule has 2 N–H and O–H groups in total. The molecule has 0 radical (unpaired) electrons. The molecule has 0 amide bonds. The molecule has 104 valence electrons. The van der Waals surface area contributed by atoms with Crippen LogP contribution < -0.4 is 5.73 Å². The normalized spacial score (nSPS) is 11.8. The van der Waals surface area contributed by atoms with Crippen molar-refractivity contribution in [1.29, 1.82) is 5.26 Å². The van der Waals surface area contributed by atoms with E-state index in [2.05, 4.69) is 0 Å². The zero-order valence-electron chi connectivity index (χ0n) is 11.6. The molecular weight excluding hydrogens is 272 g/mol. The molecule has 0 fully saturated rings. The van der Waals surface area contributed by atoms with E-state index in [0.717, 1.165) is 11.8 Å². The van der Waals surface area contributed by atoms with Gasteiger partial charge in [0.2, 0.25) is 0 Å². The summed E-state index contributed by atoms with van der Waals surface area (Å²) in [5.41, 5.74) is 8.26. The Kier molecular flexibility index (Phi) is 3.45. The van der Waals surface area contributed by atoms with Gasteiger partial charge in [0, 0.05) is 17.4 Å². The van der Waals surface area contributed by atoms with Crippen LogP contribution in [0.25, 0.3) is 11.1 Å². The predicted molar refractivity (Wildman–Crippen MR) is 79.4 cm³/mol. The lowest BCUT2D eigenvalue weighted by atomic mass is 10.0. The third kappa shape index (κ3) is 2.23. The SMILES string of the molecule is CC(C)c1cccc2c(C#N)c(N)c(S(C)(=O)=O)c-2c1. The average molecular weight is 288 g/mol. The van der Waals surface area contributed by atoms with Crippen molar-refractivity contribution in [2.75, 3.05) is 12.0 Å². The highest BCUT2D eigenvalue weighted by Crippen LogP contribution is 2.41.